The van der Waals surface area contributed by atoms with Gasteiger partial charge in [0.05, 0.1) is 18.6 Å². The van der Waals surface area contributed by atoms with Gasteiger partial charge < -0.3 is 16.4 Å². The summed E-state index contributed by atoms with van der Waals surface area (Å²) >= 11 is 0. The predicted molar refractivity (Wildman–Crippen MR) is 95.5 cm³/mol. The first-order valence-electron chi connectivity index (χ1n) is 7.62. The van der Waals surface area contributed by atoms with Crippen LogP contribution >= 0.6 is 12.4 Å². The van der Waals surface area contributed by atoms with E-state index >= 15 is 0 Å². The van der Waals surface area contributed by atoms with Crippen LogP contribution in [0, 0.1) is 19.8 Å². The number of hydrogen-bond donors (Lipinski definition) is 3. The average Bonchev–Trinajstić information content (AvgIpc) is 2.46. The van der Waals surface area contributed by atoms with Crippen molar-refractivity contribution < 1.29 is 9.59 Å². The first-order valence-corrected chi connectivity index (χ1v) is 7.62. The number of halogens is 1. The third-order valence-electron chi connectivity index (χ3n) is 3.85. The topological polar surface area (TPSA) is 84.2 Å². The zero-order valence-electron chi connectivity index (χ0n) is 14.5. The first kappa shape index (κ1) is 21.4. The molecule has 0 fully saturated rings. The minimum absolute atomic E-state index is 0. The van der Waals surface area contributed by atoms with Crippen molar-refractivity contribution in [1.82, 2.24) is 10.6 Å². The van der Waals surface area contributed by atoms with E-state index in [9.17, 15) is 9.59 Å². The summed E-state index contributed by atoms with van der Waals surface area (Å²) in [5.74, 6) is -0.489. The second-order valence-corrected chi connectivity index (χ2v) is 6.12. The summed E-state index contributed by atoms with van der Waals surface area (Å²) < 4.78 is 0. The molecule has 0 saturated heterocycles. The molecular formula is C17H28ClN3O2. The van der Waals surface area contributed by atoms with Crippen LogP contribution < -0.4 is 16.4 Å². The van der Waals surface area contributed by atoms with Gasteiger partial charge in [0.1, 0.15) is 0 Å². The molecule has 2 amide bonds. The van der Waals surface area contributed by atoms with E-state index in [0.29, 0.717) is 0 Å². The van der Waals surface area contributed by atoms with Gasteiger partial charge >= 0.3 is 0 Å². The second kappa shape index (κ2) is 9.53. The van der Waals surface area contributed by atoms with E-state index in [1.807, 2.05) is 39.8 Å². The first-order chi connectivity index (χ1) is 10.2. The van der Waals surface area contributed by atoms with Gasteiger partial charge in [0, 0.05) is 0 Å². The Bertz CT molecular complexity index is 547. The molecule has 1 rings (SSSR count). The van der Waals surface area contributed by atoms with Crippen molar-refractivity contribution in [2.45, 2.75) is 46.7 Å². The molecule has 0 aliphatic rings. The molecule has 1 aromatic rings. The molecule has 0 spiro atoms. The Kier molecular flexibility index (Phi) is 8.87. The van der Waals surface area contributed by atoms with Crippen LogP contribution in [0.3, 0.4) is 0 Å². The lowest BCUT2D eigenvalue weighted by Gasteiger charge is -2.18. The molecule has 2 atom stereocenters. The van der Waals surface area contributed by atoms with Gasteiger partial charge in [0.2, 0.25) is 11.8 Å². The fraction of sp³-hybridized carbons (Fsp3) is 0.529. The molecule has 5 nitrogen and oxygen atoms in total. The van der Waals surface area contributed by atoms with Crippen LogP contribution in [0.1, 0.15) is 43.5 Å². The maximum absolute atomic E-state index is 11.9. The summed E-state index contributed by atoms with van der Waals surface area (Å²) in [6.45, 7) is 9.69. The molecule has 1 aromatic carbocycles. The van der Waals surface area contributed by atoms with Gasteiger partial charge in [-0.2, -0.15) is 0 Å². The lowest BCUT2D eigenvalue weighted by molar-refractivity contribution is -0.127. The van der Waals surface area contributed by atoms with Gasteiger partial charge in [-0.25, -0.2) is 0 Å². The average molecular weight is 342 g/mol. The summed E-state index contributed by atoms with van der Waals surface area (Å²) in [5, 5.41) is 5.44. The van der Waals surface area contributed by atoms with E-state index < -0.39 is 6.04 Å². The molecular weight excluding hydrogens is 314 g/mol. The number of aryl methyl sites for hydroxylation is 2. The number of amides is 2. The Hall–Kier alpha value is -1.59. The van der Waals surface area contributed by atoms with Crippen LogP contribution in [0.15, 0.2) is 18.2 Å². The second-order valence-electron chi connectivity index (χ2n) is 6.12. The molecule has 0 bridgehead atoms. The number of rotatable bonds is 6. The molecule has 0 aromatic heterocycles. The van der Waals surface area contributed by atoms with Crippen molar-refractivity contribution >= 4 is 24.2 Å². The van der Waals surface area contributed by atoms with Crippen LogP contribution in [-0.2, 0) is 9.59 Å². The van der Waals surface area contributed by atoms with Crippen LogP contribution in [0.2, 0.25) is 0 Å². The third kappa shape index (κ3) is 6.59. The fourth-order valence-electron chi connectivity index (χ4n) is 2.00. The normalized spacial score (nSPS) is 13.0. The quantitative estimate of drug-likeness (QED) is 0.740. The Morgan fingerprint density at radius 1 is 1.13 bits per heavy atom. The van der Waals surface area contributed by atoms with Gasteiger partial charge in [-0.15, -0.1) is 12.4 Å². The highest BCUT2D eigenvalue weighted by molar-refractivity contribution is 5.87. The summed E-state index contributed by atoms with van der Waals surface area (Å²) in [6.07, 6.45) is 0. The van der Waals surface area contributed by atoms with E-state index in [0.717, 1.165) is 5.56 Å². The molecule has 0 heterocycles. The third-order valence-corrected chi connectivity index (χ3v) is 3.85. The van der Waals surface area contributed by atoms with Crippen molar-refractivity contribution in [3.63, 3.8) is 0 Å². The Balaban J connectivity index is 0.00000484. The SMILES string of the molecule is Cc1ccc(C(C)NC(=O)CNC(=O)[C@@H](N)C(C)C)cc1C.Cl. The predicted octanol–water partition coefficient (Wildman–Crippen LogP) is 2.00. The molecule has 130 valence electrons. The number of hydrogen-bond acceptors (Lipinski definition) is 3. The minimum Gasteiger partial charge on any atom is -0.348 e. The maximum atomic E-state index is 11.9. The molecule has 4 N–H and O–H groups in total. The smallest absolute Gasteiger partial charge is 0.239 e. The number of nitrogens with two attached hydrogens (primary N) is 1. The monoisotopic (exact) mass is 341 g/mol. The van der Waals surface area contributed by atoms with E-state index in [2.05, 4.69) is 23.6 Å². The molecule has 1 unspecified atom stereocenters. The van der Waals surface area contributed by atoms with E-state index in [1.54, 1.807) is 0 Å². The molecule has 0 aliphatic heterocycles. The van der Waals surface area contributed by atoms with Crippen LogP contribution in [0.25, 0.3) is 0 Å². The Morgan fingerprint density at radius 3 is 2.26 bits per heavy atom. The number of carbonyl (C=O) groups is 2. The van der Waals surface area contributed by atoms with E-state index in [4.69, 9.17) is 5.73 Å². The lowest BCUT2D eigenvalue weighted by atomic mass is 10.0. The van der Waals surface area contributed by atoms with Crippen molar-refractivity contribution in [1.29, 1.82) is 0 Å². The van der Waals surface area contributed by atoms with E-state index in [-0.39, 0.29) is 42.7 Å². The summed E-state index contributed by atoms with van der Waals surface area (Å²) in [7, 11) is 0. The van der Waals surface area contributed by atoms with Crippen LogP contribution in [0.5, 0.6) is 0 Å². The van der Waals surface area contributed by atoms with Crippen molar-refractivity contribution in [2.24, 2.45) is 11.7 Å². The highest BCUT2D eigenvalue weighted by Crippen LogP contribution is 2.16. The summed E-state index contributed by atoms with van der Waals surface area (Å²) in [5.41, 5.74) is 9.18. The van der Waals surface area contributed by atoms with Gasteiger partial charge in [-0.05, 0) is 43.4 Å². The van der Waals surface area contributed by atoms with Crippen LogP contribution in [-0.4, -0.2) is 24.4 Å². The highest BCUT2D eigenvalue weighted by atomic mass is 35.5. The summed E-state index contributed by atoms with van der Waals surface area (Å²) in [6, 6.07) is 5.40. The maximum Gasteiger partial charge on any atom is 0.239 e. The minimum atomic E-state index is -0.593. The largest absolute Gasteiger partial charge is 0.348 e. The summed E-state index contributed by atoms with van der Waals surface area (Å²) in [4.78, 5) is 23.6. The molecule has 0 aliphatic carbocycles. The van der Waals surface area contributed by atoms with Crippen molar-refractivity contribution in [3.8, 4) is 0 Å². The zero-order valence-corrected chi connectivity index (χ0v) is 15.3. The van der Waals surface area contributed by atoms with Gasteiger partial charge in [0.25, 0.3) is 0 Å². The number of nitrogens with one attached hydrogen (secondary N) is 2. The van der Waals surface area contributed by atoms with Crippen molar-refractivity contribution in [3.05, 3.63) is 34.9 Å². The Morgan fingerprint density at radius 2 is 1.74 bits per heavy atom. The number of benzene rings is 1. The van der Waals surface area contributed by atoms with Gasteiger partial charge in [0.15, 0.2) is 0 Å². The van der Waals surface area contributed by atoms with Gasteiger partial charge in [-0.1, -0.05) is 32.0 Å². The molecule has 0 saturated carbocycles. The molecule has 6 heteroatoms. The highest BCUT2D eigenvalue weighted by Gasteiger charge is 2.18. The van der Waals surface area contributed by atoms with Gasteiger partial charge in [-0.3, -0.25) is 9.59 Å². The van der Waals surface area contributed by atoms with E-state index in [1.165, 1.54) is 11.1 Å². The molecule has 0 radical (unpaired) electrons. The number of carbonyl (C=O) groups excluding carboxylic acids is 2. The zero-order chi connectivity index (χ0) is 16.9. The Labute approximate surface area is 144 Å². The standard InChI is InChI=1S/C17H27N3O2.ClH/c1-10(2)16(18)17(22)19-9-15(21)20-13(5)14-7-6-11(3)12(4)8-14;/h6-8,10,13,16H,9,18H2,1-5H3,(H,19,22)(H,20,21);1H/t13?,16-;/m0./s1. The van der Waals surface area contributed by atoms with Crippen molar-refractivity contribution in [2.75, 3.05) is 6.54 Å². The fourth-order valence-corrected chi connectivity index (χ4v) is 2.00. The van der Waals surface area contributed by atoms with Crippen LogP contribution in [0.4, 0.5) is 0 Å². The lowest BCUT2D eigenvalue weighted by Crippen LogP contribution is -2.47. The molecule has 23 heavy (non-hydrogen) atoms.